The molecule has 0 aliphatic rings. The number of hydrogen-bond acceptors (Lipinski definition) is 4. The van der Waals surface area contributed by atoms with Crippen LogP contribution < -0.4 is 0 Å². The second-order valence-electron chi connectivity index (χ2n) is 2.34. The van der Waals surface area contributed by atoms with E-state index in [1.54, 1.807) is 7.11 Å². The molecule has 5 heteroatoms. The molecule has 0 radical (unpaired) electrons. The van der Waals surface area contributed by atoms with Gasteiger partial charge in [0, 0.05) is 19.8 Å². The zero-order valence-corrected chi connectivity index (χ0v) is 9.40. The van der Waals surface area contributed by atoms with Gasteiger partial charge in [0.25, 0.3) is 0 Å². The number of aliphatic carboxylic acids is 1. The summed E-state index contributed by atoms with van der Waals surface area (Å²) in [5.41, 5.74) is 0. The third kappa shape index (κ3) is 24.6. The average Bonchev–Trinajstić information content (AvgIpc) is 2.24. The Morgan fingerprint density at radius 2 is 1.73 bits per heavy atom. The summed E-state index contributed by atoms with van der Waals surface area (Å²) in [5, 5.41) is 7.60. The maximum absolute atomic E-state index is 9.25. The average molecular weight is 220 g/mol. The van der Waals surface area contributed by atoms with Gasteiger partial charge in [-0.05, 0) is 6.92 Å². The van der Waals surface area contributed by atoms with Crippen LogP contribution in [0.15, 0.2) is 12.7 Å². The summed E-state index contributed by atoms with van der Waals surface area (Å²) >= 11 is 0. The SMILES string of the molecule is C=CC(=O)O.CCOCCOCCOC. The van der Waals surface area contributed by atoms with E-state index in [0.717, 1.165) is 12.7 Å². The second kappa shape index (κ2) is 15.6. The number of ether oxygens (including phenoxy) is 3. The molecule has 0 saturated heterocycles. The molecule has 1 N–H and O–H groups in total. The Morgan fingerprint density at radius 3 is 2.13 bits per heavy atom. The Kier molecular flexibility index (Phi) is 17.1. The van der Waals surface area contributed by atoms with Gasteiger partial charge in [0.05, 0.1) is 26.4 Å². The maximum Gasteiger partial charge on any atom is 0.327 e. The highest BCUT2D eigenvalue weighted by Gasteiger charge is 1.86. The van der Waals surface area contributed by atoms with Gasteiger partial charge in [0.1, 0.15) is 0 Å². The fourth-order valence-electron chi connectivity index (χ4n) is 0.507. The van der Waals surface area contributed by atoms with Gasteiger partial charge in [0.15, 0.2) is 0 Å². The fourth-order valence-corrected chi connectivity index (χ4v) is 0.507. The molecular formula is C10H20O5. The first-order valence-electron chi connectivity index (χ1n) is 4.68. The molecule has 0 rings (SSSR count). The first-order valence-corrected chi connectivity index (χ1v) is 4.68. The number of rotatable bonds is 8. The van der Waals surface area contributed by atoms with E-state index in [0.29, 0.717) is 26.4 Å². The van der Waals surface area contributed by atoms with E-state index in [4.69, 9.17) is 19.3 Å². The fraction of sp³-hybridized carbons (Fsp3) is 0.700. The lowest BCUT2D eigenvalue weighted by Gasteiger charge is -2.02. The summed E-state index contributed by atoms with van der Waals surface area (Å²) in [6, 6.07) is 0. The van der Waals surface area contributed by atoms with Crippen LogP contribution in [0.5, 0.6) is 0 Å². The molecule has 0 aromatic rings. The Hall–Kier alpha value is -0.910. The van der Waals surface area contributed by atoms with Crippen molar-refractivity contribution >= 4 is 5.97 Å². The van der Waals surface area contributed by atoms with Crippen LogP contribution in [0.2, 0.25) is 0 Å². The Morgan fingerprint density at radius 1 is 1.27 bits per heavy atom. The molecule has 0 aromatic carbocycles. The summed E-state index contributed by atoms with van der Waals surface area (Å²) in [5.74, 6) is -0.981. The first-order chi connectivity index (χ1) is 7.18. The lowest BCUT2D eigenvalue weighted by atomic mass is 10.7. The molecule has 0 unspecified atom stereocenters. The van der Waals surface area contributed by atoms with E-state index in [9.17, 15) is 4.79 Å². The summed E-state index contributed by atoms with van der Waals surface area (Å²) in [7, 11) is 1.66. The van der Waals surface area contributed by atoms with Crippen molar-refractivity contribution in [3.05, 3.63) is 12.7 Å². The molecule has 0 spiro atoms. The summed E-state index contributed by atoms with van der Waals surface area (Å²) in [6.07, 6.45) is 0.833. The summed E-state index contributed by atoms with van der Waals surface area (Å²) in [4.78, 5) is 9.25. The molecule has 90 valence electrons. The van der Waals surface area contributed by atoms with Crippen molar-refractivity contribution in [2.45, 2.75) is 6.92 Å². The Labute approximate surface area is 90.6 Å². The van der Waals surface area contributed by atoms with E-state index in [2.05, 4.69) is 6.58 Å². The van der Waals surface area contributed by atoms with Crippen molar-refractivity contribution in [3.8, 4) is 0 Å². The summed E-state index contributed by atoms with van der Waals surface area (Å²) in [6.45, 7) is 8.35. The molecule has 0 amide bonds. The second-order valence-corrected chi connectivity index (χ2v) is 2.34. The van der Waals surface area contributed by atoms with E-state index in [-0.39, 0.29) is 0 Å². The molecule has 0 bridgehead atoms. The molecule has 0 aromatic heterocycles. The van der Waals surface area contributed by atoms with Crippen LogP contribution >= 0.6 is 0 Å². The third-order valence-corrected chi connectivity index (χ3v) is 1.18. The molecule has 5 nitrogen and oxygen atoms in total. The minimum absolute atomic E-state index is 0.656. The highest BCUT2D eigenvalue weighted by Crippen LogP contribution is 1.77. The van der Waals surface area contributed by atoms with Crippen molar-refractivity contribution in [1.82, 2.24) is 0 Å². The van der Waals surface area contributed by atoms with Crippen LogP contribution in [-0.4, -0.2) is 51.2 Å². The van der Waals surface area contributed by atoms with E-state index >= 15 is 0 Å². The highest BCUT2D eigenvalue weighted by atomic mass is 16.5. The molecule has 0 heterocycles. The molecule has 0 atom stereocenters. The number of carbonyl (C=O) groups is 1. The largest absolute Gasteiger partial charge is 0.478 e. The van der Waals surface area contributed by atoms with Crippen molar-refractivity contribution in [1.29, 1.82) is 0 Å². The van der Waals surface area contributed by atoms with Gasteiger partial charge in [-0.15, -0.1) is 0 Å². The number of carboxylic acid groups (broad SMARTS) is 1. The van der Waals surface area contributed by atoms with Crippen LogP contribution in [-0.2, 0) is 19.0 Å². The van der Waals surface area contributed by atoms with Gasteiger partial charge < -0.3 is 19.3 Å². The Balaban J connectivity index is 0. The van der Waals surface area contributed by atoms with Crippen molar-refractivity contribution in [2.75, 3.05) is 40.1 Å². The van der Waals surface area contributed by atoms with Crippen LogP contribution in [0.3, 0.4) is 0 Å². The smallest absolute Gasteiger partial charge is 0.327 e. The number of hydrogen-bond donors (Lipinski definition) is 1. The number of carboxylic acids is 1. The molecule has 0 saturated carbocycles. The van der Waals surface area contributed by atoms with Gasteiger partial charge in [-0.25, -0.2) is 4.79 Å². The quantitative estimate of drug-likeness (QED) is 0.487. The first kappa shape index (κ1) is 16.5. The van der Waals surface area contributed by atoms with Gasteiger partial charge in [-0.3, -0.25) is 0 Å². The zero-order chi connectivity index (χ0) is 11.9. The van der Waals surface area contributed by atoms with Crippen LogP contribution in [0.4, 0.5) is 0 Å². The third-order valence-electron chi connectivity index (χ3n) is 1.18. The van der Waals surface area contributed by atoms with Crippen LogP contribution in [0.1, 0.15) is 6.92 Å². The van der Waals surface area contributed by atoms with E-state index in [1.165, 1.54) is 0 Å². The van der Waals surface area contributed by atoms with Crippen molar-refractivity contribution in [3.63, 3.8) is 0 Å². The summed E-state index contributed by atoms with van der Waals surface area (Å²) < 4.78 is 15.0. The van der Waals surface area contributed by atoms with Crippen LogP contribution in [0, 0.1) is 0 Å². The molecular weight excluding hydrogens is 200 g/mol. The van der Waals surface area contributed by atoms with Crippen molar-refractivity contribution < 1.29 is 24.1 Å². The topological polar surface area (TPSA) is 65.0 Å². The zero-order valence-electron chi connectivity index (χ0n) is 9.40. The number of methoxy groups -OCH3 is 1. The van der Waals surface area contributed by atoms with E-state index < -0.39 is 5.97 Å². The lowest BCUT2D eigenvalue weighted by molar-refractivity contribution is -0.131. The van der Waals surface area contributed by atoms with Gasteiger partial charge >= 0.3 is 5.97 Å². The highest BCUT2D eigenvalue weighted by molar-refractivity contribution is 5.78. The molecule has 15 heavy (non-hydrogen) atoms. The van der Waals surface area contributed by atoms with E-state index in [1.807, 2.05) is 6.92 Å². The minimum Gasteiger partial charge on any atom is -0.478 e. The maximum atomic E-state index is 9.25. The van der Waals surface area contributed by atoms with Crippen LogP contribution in [0.25, 0.3) is 0 Å². The lowest BCUT2D eigenvalue weighted by Crippen LogP contribution is -2.07. The standard InChI is InChI=1S/C7H16O3.C3H4O2/c1-3-9-6-7-10-5-4-8-2;1-2-3(4)5/h3-7H2,1-2H3;2H,1H2,(H,4,5). The molecule has 0 aliphatic heterocycles. The predicted molar refractivity (Wildman–Crippen MR) is 57.0 cm³/mol. The van der Waals surface area contributed by atoms with Gasteiger partial charge in [0.2, 0.25) is 0 Å². The minimum atomic E-state index is -0.981. The molecule has 0 fully saturated rings. The molecule has 0 aliphatic carbocycles. The van der Waals surface area contributed by atoms with Crippen molar-refractivity contribution in [2.24, 2.45) is 0 Å². The Bertz CT molecular complexity index is 139. The monoisotopic (exact) mass is 220 g/mol. The predicted octanol–water partition coefficient (Wildman–Crippen LogP) is 0.943. The van der Waals surface area contributed by atoms with Gasteiger partial charge in [-0.1, -0.05) is 6.58 Å². The normalized spacial score (nSPS) is 8.93. The van der Waals surface area contributed by atoms with Gasteiger partial charge in [-0.2, -0.15) is 0 Å².